The molecular formula is C50H82N8O6S. The van der Waals surface area contributed by atoms with E-state index >= 15 is 0 Å². The van der Waals surface area contributed by atoms with Crippen LogP contribution < -0.4 is 10.6 Å². The lowest BCUT2D eigenvalue weighted by Gasteiger charge is -2.40. The first-order valence-corrected chi connectivity index (χ1v) is 24.8. The Morgan fingerprint density at radius 1 is 0.892 bits per heavy atom. The molecule has 2 aliphatic rings. The number of methoxy groups -OCH3 is 2. The molecule has 2 aliphatic heterocycles. The zero-order valence-corrected chi connectivity index (χ0v) is 42.6. The van der Waals surface area contributed by atoms with Crippen LogP contribution >= 0.6 is 11.3 Å². The lowest BCUT2D eigenvalue weighted by atomic mass is 9.93. The fourth-order valence-corrected chi connectivity index (χ4v) is 10.4. The number of carbonyl (C=O) groups is 4. The van der Waals surface area contributed by atoms with Gasteiger partial charge in [-0.15, -0.1) is 11.3 Å². The van der Waals surface area contributed by atoms with Gasteiger partial charge in [0, 0.05) is 84.7 Å². The predicted molar refractivity (Wildman–Crippen MR) is 260 cm³/mol. The molecule has 4 amide bonds. The van der Waals surface area contributed by atoms with Crippen molar-refractivity contribution in [3.05, 3.63) is 64.1 Å². The Balaban J connectivity index is 1.45. The Bertz CT molecular complexity index is 1800. The zero-order chi connectivity index (χ0) is 48.0. The molecule has 0 spiro atoms. The number of nitrogens with zero attached hydrogens (tertiary/aromatic N) is 6. The van der Waals surface area contributed by atoms with Gasteiger partial charge in [0.15, 0.2) is 0 Å². The maximum absolute atomic E-state index is 14.6. The molecule has 4 rings (SSSR count). The summed E-state index contributed by atoms with van der Waals surface area (Å²) in [6.07, 6.45) is 4.50. The number of aromatic nitrogens is 1. The second-order valence-corrected chi connectivity index (χ2v) is 20.1. The van der Waals surface area contributed by atoms with Gasteiger partial charge in [-0.05, 0) is 71.4 Å². The normalized spacial score (nSPS) is 19.9. The fraction of sp³-hybridized carbons (Fsp3) is 0.700. The molecule has 0 unspecified atom stereocenters. The van der Waals surface area contributed by atoms with Crippen LogP contribution in [0.2, 0.25) is 0 Å². The number of benzene rings is 1. The van der Waals surface area contributed by atoms with Crippen molar-refractivity contribution >= 4 is 35.0 Å². The number of likely N-dealkylation sites (N-methyl/N-ethyl adjacent to an activating group) is 2. The quantitative estimate of drug-likeness (QED) is 0.130. The number of ether oxygens (including phenoxy) is 2. The van der Waals surface area contributed by atoms with E-state index in [-0.39, 0.29) is 54.0 Å². The topological polar surface area (TPSA) is 140 Å². The van der Waals surface area contributed by atoms with Gasteiger partial charge in [-0.3, -0.25) is 33.9 Å². The molecule has 65 heavy (non-hydrogen) atoms. The van der Waals surface area contributed by atoms with E-state index in [0.717, 1.165) is 61.8 Å². The molecule has 1 aromatic heterocycles. The van der Waals surface area contributed by atoms with Crippen molar-refractivity contribution in [3.63, 3.8) is 0 Å². The number of likely N-dealkylation sites (tertiary alicyclic amines) is 1. The number of thiazole rings is 1. The standard InChI is InChI=1S/C50H82N8O6S/c1-14-36(8)45(55(11)50(62)43(33(2)3)53-48(61)44(34(4)5)54(10)24-25-56-26-28-57(29-27-56)35(6)7)41(63-12)32-42(59)58-23-18-21-40(58)46(64-13)37(9)47(60)52-39(49-51-22-30-65-49)31-38-19-16-15-17-20-38/h14-17,19-20,22,30,33-35,37,39-41,43-46H,18,21,23-29,31-32H2,1-13H3,(H,52,60)(H,53,61)/b36-14-/t37-,39+,40+,41-,43+,44+,45+,46-/m1/s1. The van der Waals surface area contributed by atoms with Crippen molar-refractivity contribution < 1.29 is 28.7 Å². The number of nitrogens with one attached hydrogen (secondary N) is 2. The first kappa shape index (κ1) is 53.9. The van der Waals surface area contributed by atoms with Gasteiger partial charge in [-0.2, -0.15) is 0 Å². The number of allylic oxidation sites excluding steroid dienone is 1. The van der Waals surface area contributed by atoms with Crippen LogP contribution in [0.1, 0.15) is 98.2 Å². The molecule has 15 heteroatoms. The Kier molecular flexibility index (Phi) is 21.5. The Morgan fingerprint density at radius 2 is 1.57 bits per heavy atom. The summed E-state index contributed by atoms with van der Waals surface area (Å²) in [7, 11) is 6.91. The maximum Gasteiger partial charge on any atom is 0.245 e. The highest BCUT2D eigenvalue weighted by atomic mass is 32.1. The van der Waals surface area contributed by atoms with Crippen LogP contribution in [0.3, 0.4) is 0 Å². The molecule has 2 aromatic rings. The second kappa shape index (κ2) is 26.0. The van der Waals surface area contributed by atoms with E-state index in [1.807, 2.05) is 102 Å². The molecule has 0 aliphatic carbocycles. The molecule has 1 aromatic carbocycles. The minimum atomic E-state index is -0.799. The van der Waals surface area contributed by atoms with Gasteiger partial charge in [-0.1, -0.05) is 76.6 Å². The van der Waals surface area contributed by atoms with Gasteiger partial charge in [0.2, 0.25) is 23.6 Å². The molecule has 2 saturated heterocycles. The number of amides is 4. The van der Waals surface area contributed by atoms with Crippen LogP contribution in [0.4, 0.5) is 0 Å². The minimum Gasteiger partial charge on any atom is -0.378 e. The van der Waals surface area contributed by atoms with Crippen LogP contribution in [0, 0.1) is 17.8 Å². The van der Waals surface area contributed by atoms with Crippen molar-refractivity contribution in [3.8, 4) is 0 Å². The van der Waals surface area contributed by atoms with Crippen molar-refractivity contribution in [2.24, 2.45) is 17.8 Å². The smallest absolute Gasteiger partial charge is 0.245 e. The van der Waals surface area contributed by atoms with Gasteiger partial charge in [0.05, 0.1) is 48.7 Å². The van der Waals surface area contributed by atoms with Crippen molar-refractivity contribution in [2.45, 2.75) is 136 Å². The molecule has 0 bridgehead atoms. The Morgan fingerprint density at radius 3 is 2.12 bits per heavy atom. The van der Waals surface area contributed by atoms with Crippen molar-refractivity contribution in [2.75, 3.05) is 74.1 Å². The molecule has 2 N–H and O–H groups in total. The fourth-order valence-electron chi connectivity index (χ4n) is 9.74. The predicted octanol–water partition coefficient (Wildman–Crippen LogP) is 5.51. The Hall–Kier alpha value is -3.73. The summed E-state index contributed by atoms with van der Waals surface area (Å²) >= 11 is 1.51. The van der Waals surface area contributed by atoms with Gasteiger partial charge >= 0.3 is 0 Å². The van der Waals surface area contributed by atoms with Crippen LogP contribution in [0.25, 0.3) is 0 Å². The summed E-state index contributed by atoms with van der Waals surface area (Å²) in [5.41, 5.74) is 1.96. The number of hydrogen-bond acceptors (Lipinski definition) is 11. The second-order valence-electron chi connectivity index (χ2n) is 19.2. The molecular weight excluding hydrogens is 841 g/mol. The van der Waals surface area contributed by atoms with Crippen molar-refractivity contribution in [1.29, 1.82) is 0 Å². The third-order valence-electron chi connectivity index (χ3n) is 13.8. The molecule has 14 nitrogen and oxygen atoms in total. The maximum atomic E-state index is 14.6. The SMILES string of the molecule is C/C=C(/C)[C@@H]([C@@H](CC(=O)N1CCC[C@H]1[C@H](OC)[C@@H](C)C(=O)N[C@@H](Cc1ccccc1)c1nccs1)OC)N(C)C(=O)[C@@H](NC(=O)[C@H](C(C)C)N(C)CCN1CCN(C(C)C)CC1)C(C)C. The van der Waals surface area contributed by atoms with Crippen LogP contribution in [0.15, 0.2) is 53.6 Å². The third-order valence-corrected chi connectivity index (χ3v) is 14.6. The third kappa shape index (κ3) is 14.6. The highest BCUT2D eigenvalue weighted by Gasteiger charge is 2.43. The number of hydrogen-bond donors (Lipinski definition) is 2. The van der Waals surface area contributed by atoms with E-state index in [0.29, 0.717) is 25.4 Å². The zero-order valence-electron chi connectivity index (χ0n) is 41.8. The number of piperazine rings is 1. The van der Waals surface area contributed by atoms with Crippen molar-refractivity contribution in [1.82, 2.24) is 40.1 Å². The average molecular weight is 923 g/mol. The number of carbonyl (C=O) groups excluding carboxylic acids is 4. The van der Waals surface area contributed by atoms with E-state index in [1.165, 1.54) is 11.3 Å². The van der Waals surface area contributed by atoms with E-state index in [2.05, 4.69) is 44.2 Å². The van der Waals surface area contributed by atoms with Gasteiger partial charge in [0.25, 0.3) is 0 Å². The molecule has 364 valence electrons. The van der Waals surface area contributed by atoms with E-state index in [9.17, 15) is 19.2 Å². The molecule has 8 atom stereocenters. The summed E-state index contributed by atoms with van der Waals surface area (Å²) in [4.78, 5) is 72.4. The molecule has 2 fully saturated rings. The summed E-state index contributed by atoms with van der Waals surface area (Å²) in [6, 6.07) is 8.12. The average Bonchev–Trinajstić information content (AvgIpc) is 4.01. The summed E-state index contributed by atoms with van der Waals surface area (Å²) < 4.78 is 12.2. The highest BCUT2D eigenvalue weighted by Crippen LogP contribution is 2.30. The number of rotatable bonds is 24. The van der Waals surface area contributed by atoms with E-state index < -0.39 is 36.3 Å². The Labute approximate surface area is 394 Å². The lowest BCUT2D eigenvalue weighted by Crippen LogP contribution is -2.59. The lowest BCUT2D eigenvalue weighted by molar-refractivity contribution is -0.145. The summed E-state index contributed by atoms with van der Waals surface area (Å²) in [5, 5.41) is 9.15. The first-order chi connectivity index (χ1) is 30.9. The van der Waals surface area contributed by atoms with Crippen LogP contribution in [-0.4, -0.2) is 170 Å². The largest absolute Gasteiger partial charge is 0.378 e. The van der Waals surface area contributed by atoms with Crippen LogP contribution in [0.5, 0.6) is 0 Å². The highest BCUT2D eigenvalue weighted by molar-refractivity contribution is 7.09. The van der Waals surface area contributed by atoms with Gasteiger partial charge < -0.3 is 29.9 Å². The van der Waals surface area contributed by atoms with E-state index in [1.54, 1.807) is 32.4 Å². The van der Waals surface area contributed by atoms with Crippen LogP contribution in [-0.2, 0) is 35.1 Å². The summed E-state index contributed by atoms with van der Waals surface area (Å²) in [6.45, 7) is 24.4. The molecule has 0 radical (unpaired) electrons. The molecule has 0 saturated carbocycles. The van der Waals surface area contributed by atoms with E-state index in [4.69, 9.17) is 9.47 Å². The summed E-state index contributed by atoms with van der Waals surface area (Å²) in [5.74, 6) is -1.47. The monoisotopic (exact) mass is 923 g/mol. The minimum absolute atomic E-state index is 0.00607. The molecule has 3 heterocycles. The van der Waals surface area contributed by atoms with Gasteiger partial charge in [-0.25, -0.2) is 4.98 Å². The first-order valence-electron chi connectivity index (χ1n) is 23.9. The van der Waals surface area contributed by atoms with Gasteiger partial charge in [0.1, 0.15) is 11.0 Å².